The third-order valence-electron chi connectivity index (χ3n) is 3.67. The third kappa shape index (κ3) is 6.36. The minimum Gasteiger partial charge on any atom is -0.481 e. The normalized spacial score (nSPS) is 21.2. The fraction of sp³-hybridized carbons (Fsp3) is 0.929. The molecule has 1 aliphatic heterocycles. The molecule has 5 nitrogen and oxygen atoms in total. The molecular formula is C14H28N2O3. The van der Waals surface area contributed by atoms with Crippen molar-refractivity contribution in [3.8, 4) is 0 Å². The maximum atomic E-state index is 10.6. The van der Waals surface area contributed by atoms with E-state index in [1.807, 2.05) is 0 Å². The Morgan fingerprint density at radius 3 is 2.84 bits per heavy atom. The highest BCUT2D eigenvalue weighted by Crippen LogP contribution is 2.10. The van der Waals surface area contributed by atoms with Crippen LogP contribution in [0.25, 0.3) is 0 Å². The van der Waals surface area contributed by atoms with Crippen LogP contribution in [0.2, 0.25) is 0 Å². The predicted octanol–water partition coefficient (Wildman–Crippen LogP) is 1.28. The molecule has 1 rings (SSSR count). The number of ether oxygens (including phenoxy) is 1. The molecule has 0 aromatic rings. The Morgan fingerprint density at radius 2 is 2.26 bits per heavy atom. The minimum absolute atomic E-state index is 0.246. The molecule has 1 fully saturated rings. The highest BCUT2D eigenvalue weighted by atomic mass is 16.5. The molecule has 1 saturated heterocycles. The summed E-state index contributed by atoms with van der Waals surface area (Å²) in [6.07, 6.45) is 1.20. The summed E-state index contributed by atoms with van der Waals surface area (Å²) in [4.78, 5) is 15.3. The summed E-state index contributed by atoms with van der Waals surface area (Å²) >= 11 is 0. The lowest BCUT2D eigenvalue weighted by molar-refractivity contribution is -0.137. The van der Waals surface area contributed by atoms with Crippen LogP contribution in [0.5, 0.6) is 0 Å². The zero-order valence-corrected chi connectivity index (χ0v) is 12.5. The van der Waals surface area contributed by atoms with Gasteiger partial charge >= 0.3 is 5.97 Å². The van der Waals surface area contributed by atoms with Crippen LogP contribution in [0.3, 0.4) is 0 Å². The number of nitrogens with zero attached hydrogens (tertiary/aromatic N) is 2. The Balaban J connectivity index is 2.37. The molecule has 1 atom stereocenters. The van der Waals surface area contributed by atoms with Crippen molar-refractivity contribution in [2.24, 2.45) is 0 Å². The van der Waals surface area contributed by atoms with Gasteiger partial charge in [0.25, 0.3) is 0 Å². The van der Waals surface area contributed by atoms with Crippen LogP contribution < -0.4 is 0 Å². The number of hydrogen-bond donors (Lipinski definition) is 1. The van der Waals surface area contributed by atoms with Crippen LogP contribution in [-0.2, 0) is 9.53 Å². The minimum atomic E-state index is -0.713. The van der Waals surface area contributed by atoms with Gasteiger partial charge in [0, 0.05) is 32.1 Å². The summed E-state index contributed by atoms with van der Waals surface area (Å²) < 4.78 is 5.82. The van der Waals surface area contributed by atoms with Crippen molar-refractivity contribution in [2.45, 2.75) is 45.8 Å². The van der Waals surface area contributed by atoms with E-state index in [0.29, 0.717) is 12.5 Å². The smallest absolute Gasteiger partial charge is 0.303 e. The summed E-state index contributed by atoms with van der Waals surface area (Å²) in [5.74, 6) is -0.713. The van der Waals surface area contributed by atoms with E-state index in [0.717, 1.165) is 39.3 Å². The number of likely N-dealkylation sites (N-methyl/N-ethyl adjacent to an activating group) is 1. The highest BCUT2D eigenvalue weighted by Gasteiger charge is 2.22. The maximum Gasteiger partial charge on any atom is 0.303 e. The predicted molar refractivity (Wildman–Crippen MR) is 75.4 cm³/mol. The summed E-state index contributed by atoms with van der Waals surface area (Å²) in [7, 11) is 0. The van der Waals surface area contributed by atoms with E-state index in [4.69, 9.17) is 9.84 Å². The second-order valence-electron chi connectivity index (χ2n) is 5.47. The Bertz CT molecular complexity index is 271. The van der Waals surface area contributed by atoms with E-state index >= 15 is 0 Å². The van der Waals surface area contributed by atoms with Gasteiger partial charge in [-0.1, -0.05) is 6.92 Å². The van der Waals surface area contributed by atoms with Crippen molar-refractivity contribution in [3.63, 3.8) is 0 Å². The first-order chi connectivity index (χ1) is 9.02. The summed E-state index contributed by atoms with van der Waals surface area (Å²) in [6.45, 7) is 12.1. The van der Waals surface area contributed by atoms with E-state index in [-0.39, 0.29) is 12.5 Å². The summed E-state index contributed by atoms with van der Waals surface area (Å²) in [6, 6.07) is 0.425. The second kappa shape index (κ2) is 8.51. The van der Waals surface area contributed by atoms with E-state index in [1.165, 1.54) is 0 Å². The van der Waals surface area contributed by atoms with Gasteiger partial charge in [0.2, 0.25) is 0 Å². The van der Waals surface area contributed by atoms with Crippen molar-refractivity contribution >= 4 is 5.97 Å². The van der Waals surface area contributed by atoms with Crippen molar-refractivity contribution in [3.05, 3.63) is 0 Å². The highest BCUT2D eigenvalue weighted by molar-refractivity contribution is 5.66. The molecule has 1 heterocycles. The number of carbonyl (C=O) groups is 1. The molecule has 19 heavy (non-hydrogen) atoms. The molecule has 0 spiro atoms. The van der Waals surface area contributed by atoms with Gasteiger partial charge in [0.15, 0.2) is 0 Å². The molecule has 0 aromatic carbocycles. The van der Waals surface area contributed by atoms with Gasteiger partial charge in [-0.15, -0.1) is 0 Å². The molecule has 0 aromatic heterocycles. The number of morpholine rings is 1. The first kappa shape index (κ1) is 16.4. The van der Waals surface area contributed by atoms with Crippen LogP contribution >= 0.6 is 0 Å². The number of aliphatic carboxylic acids is 1. The Kier molecular flexibility index (Phi) is 7.34. The quantitative estimate of drug-likeness (QED) is 0.721. The lowest BCUT2D eigenvalue weighted by atomic mass is 10.2. The van der Waals surface area contributed by atoms with E-state index in [2.05, 4.69) is 30.6 Å². The maximum absolute atomic E-state index is 10.6. The number of carboxylic acids is 1. The van der Waals surface area contributed by atoms with E-state index < -0.39 is 5.97 Å². The Labute approximate surface area is 116 Å². The SMILES string of the molecule is CCN1CCOC(CN(CCCC(=O)O)C(C)C)C1. The van der Waals surface area contributed by atoms with E-state index in [1.54, 1.807) is 0 Å². The lowest BCUT2D eigenvalue weighted by Crippen LogP contribution is -2.49. The number of hydrogen-bond acceptors (Lipinski definition) is 4. The zero-order chi connectivity index (χ0) is 14.3. The Hall–Kier alpha value is -0.650. The van der Waals surface area contributed by atoms with Crippen LogP contribution in [-0.4, -0.2) is 72.4 Å². The topological polar surface area (TPSA) is 53.0 Å². The Morgan fingerprint density at radius 1 is 1.53 bits per heavy atom. The van der Waals surface area contributed by atoms with Crippen molar-refractivity contribution < 1.29 is 14.6 Å². The fourth-order valence-corrected chi connectivity index (χ4v) is 2.43. The first-order valence-corrected chi connectivity index (χ1v) is 7.32. The third-order valence-corrected chi connectivity index (χ3v) is 3.67. The molecule has 0 amide bonds. The van der Waals surface area contributed by atoms with Gasteiger partial charge in [0.05, 0.1) is 12.7 Å². The van der Waals surface area contributed by atoms with Crippen molar-refractivity contribution in [2.75, 3.05) is 39.3 Å². The van der Waals surface area contributed by atoms with Crippen LogP contribution in [0.1, 0.15) is 33.6 Å². The molecule has 5 heteroatoms. The molecule has 0 bridgehead atoms. The van der Waals surface area contributed by atoms with Gasteiger partial charge in [0.1, 0.15) is 0 Å². The van der Waals surface area contributed by atoms with E-state index in [9.17, 15) is 4.79 Å². The lowest BCUT2D eigenvalue weighted by Gasteiger charge is -2.36. The van der Waals surface area contributed by atoms with Crippen molar-refractivity contribution in [1.29, 1.82) is 0 Å². The van der Waals surface area contributed by atoms with Gasteiger partial charge in [-0.3, -0.25) is 14.6 Å². The molecule has 1 unspecified atom stereocenters. The average molecular weight is 272 g/mol. The zero-order valence-electron chi connectivity index (χ0n) is 12.5. The standard InChI is InChI=1S/C14H28N2O3/c1-4-15-8-9-19-13(10-15)11-16(12(2)3)7-5-6-14(17)18/h12-13H,4-11H2,1-3H3,(H,17,18). The molecule has 0 saturated carbocycles. The van der Waals surface area contributed by atoms with Crippen molar-refractivity contribution in [1.82, 2.24) is 9.80 Å². The summed E-state index contributed by atoms with van der Waals surface area (Å²) in [5.41, 5.74) is 0. The van der Waals surface area contributed by atoms with Gasteiger partial charge < -0.3 is 9.84 Å². The van der Waals surface area contributed by atoms with Crippen LogP contribution in [0.15, 0.2) is 0 Å². The molecule has 112 valence electrons. The largest absolute Gasteiger partial charge is 0.481 e. The number of rotatable bonds is 8. The first-order valence-electron chi connectivity index (χ1n) is 7.32. The average Bonchev–Trinajstić information content (AvgIpc) is 2.37. The van der Waals surface area contributed by atoms with Gasteiger partial charge in [-0.05, 0) is 33.4 Å². The molecule has 0 radical (unpaired) electrons. The number of carboxylic acid groups (broad SMARTS) is 1. The van der Waals surface area contributed by atoms with Gasteiger partial charge in [-0.25, -0.2) is 0 Å². The molecular weight excluding hydrogens is 244 g/mol. The molecule has 1 aliphatic rings. The van der Waals surface area contributed by atoms with Gasteiger partial charge in [-0.2, -0.15) is 0 Å². The van der Waals surface area contributed by atoms with Crippen LogP contribution in [0, 0.1) is 0 Å². The van der Waals surface area contributed by atoms with Crippen LogP contribution in [0.4, 0.5) is 0 Å². The molecule has 0 aliphatic carbocycles. The monoisotopic (exact) mass is 272 g/mol. The second-order valence-corrected chi connectivity index (χ2v) is 5.47. The summed E-state index contributed by atoms with van der Waals surface area (Å²) in [5, 5.41) is 8.70. The molecule has 1 N–H and O–H groups in total. The fourth-order valence-electron chi connectivity index (χ4n) is 2.43.